The van der Waals surface area contributed by atoms with E-state index in [1.165, 1.54) is 12.1 Å². The van der Waals surface area contributed by atoms with Gasteiger partial charge < -0.3 is 25.2 Å². The van der Waals surface area contributed by atoms with Crippen molar-refractivity contribution in [1.82, 2.24) is 10.6 Å². The summed E-state index contributed by atoms with van der Waals surface area (Å²) < 4.78 is 39.6. The Bertz CT molecular complexity index is 1380. The molecular formula is C33H36F2N2O4. The average Bonchev–Trinajstić information content (AvgIpc) is 3.30. The number of rotatable bonds is 4. The van der Waals surface area contributed by atoms with Gasteiger partial charge in [-0.25, -0.2) is 8.78 Å². The topological polar surface area (TPSA) is 79.8 Å². The summed E-state index contributed by atoms with van der Waals surface area (Å²) in [5, 5.41) is 17.6. The standard InChI is InChI=1S/C33H36F2N2O4/c1-40-31-9-6-5-8-25(31)22-11-12-26-27(17-22)28-19-32(26)41-13-7-3-2-4-10-33(39)37-29(30(38)20-36-28)16-21-14-23(34)18-24(35)15-21/h3,5-9,11-12,14-15,17-18,28-30,32,36,38H,2,4,10,13,16,19-20H2,1H3,(H,37,39)/b7-3-/t28-,29-,30+,32+/m0/s1. The van der Waals surface area contributed by atoms with Gasteiger partial charge in [-0.3, -0.25) is 4.79 Å². The van der Waals surface area contributed by atoms with E-state index in [4.69, 9.17) is 9.47 Å². The van der Waals surface area contributed by atoms with Crippen LogP contribution in [-0.4, -0.2) is 43.4 Å². The number of β-amino-alcohol motifs (C(OH)–C–C–N with tert-alkyl or cyclic N) is 1. The van der Waals surface area contributed by atoms with E-state index in [-0.39, 0.29) is 37.4 Å². The fraction of sp³-hybridized carbons (Fsp3) is 0.364. The number of halogens is 2. The van der Waals surface area contributed by atoms with Crippen molar-refractivity contribution >= 4 is 5.91 Å². The molecule has 3 aromatic rings. The van der Waals surface area contributed by atoms with Crippen molar-refractivity contribution in [2.45, 2.75) is 56.4 Å². The van der Waals surface area contributed by atoms with Crippen LogP contribution in [-0.2, 0) is 16.0 Å². The second kappa shape index (κ2) is 13.4. The molecule has 5 rings (SSSR count). The van der Waals surface area contributed by atoms with Gasteiger partial charge in [-0.1, -0.05) is 42.5 Å². The predicted molar refractivity (Wildman–Crippen MR) is 153 cm³/mol. The van der Waals surface area contributed by atoms with Crippen molar-refractivity contribution in [3.63, 3.8) is 0 Å². The number of allylic oxidation sites excluding steroid dienone is 1. The van der Waals surface area contributed by atoms with Gasteiger partial charge in [0.15, 0.2) is 0 Å². The molecule has 216 valence electrons. The molecule has 1 aliphatic heterocycles. The van der Waals surface area contributed by atoms with Crippen molar-refractivity contribution in [3.05, 3.63) is 101 Å². The fourth-order valence-electron chi connectivity index (χ4n) is 5.73. The number of nitrogens with one attached hydrogen (secondary N) is 2. The van der Waals surface area contributed by atoms with Crippen molar-refractivity contribution in [2.24, 2.45) is 0 Å². The van der Waals surface area contributed by atoms with E-state index in [0.717, 1.165) is 34.1 Å². The molecule has 8 heteroatoms. The van der Waals surface area contributed by atoms with E-state index < -0.39 is 23.8 Å². The molecule has 2 bridgehead atoms. The lowest BCUT2D eigenvalue weighted by molar-refractivity contribution is -0.122. The second-order valence-corrected chi connectivity index (χ2v) is 10.6. The predicted octanol–water partition coefficient (Wildman–Crippen LogP) is 5.56. The summed E-state index contributed by atoms with van der Waals surface area (Å²) in [5.74, 6) is -0.826. The minimum Gasteiger partial charge on any atom is -0.496 e. The summed E-state index contributed by atoms with van der Waals surface area (Å²) in [4.78, 5) is 12.7. The number of hydrogen-bond donors (Lipinski definition) is 3. The number of para-hydroxylation sites is 1. The van der Waals surface area contributed by atoms with Gasteiger partial charge in [0.25, 0.3) is 0 Å². The molecule has 0 unspecified atom stereocenters. The van der Waals surface area contributed by atoms with Gasteiger partial charge in [0, 0.05) is 30.6 Å². The lowest BCUT2D eigenvalue weighted by Gasteiger charge is -2.26. The van der Waals surface area contributed by atoms with Gasteiger partial charge in [0.2, 0.25) is 5.91 Å². The van der Waals surface area contributed by atoms with Crippen molar-refractivity contribution < 1.29 is 28.2 Å². The van der Waals surface area contributed by atoms with Gasteiger partial charge in [-0.15, -0.1) is 0 Å². The summed E-state index contributed by atoms with van der Waals surface area (Å²) in [6, 6.07) is 16.6. The quantitative estimate of drug-likeness (QED) is 0.363. The van der Waals surface area contributed by atoms with Crippen LogP contribution in [0.1, 0.15) is 54.5 Å². The highest BCUT2D eigenvalue weighted by Crippen LogP contribution is 2.43. The molecule has 1 amide bonds. The number of aliphatic hydroxyl groups excluding tert-OH is 1. The van der Waals surface area contributed by atoms with Gasteiger partial charge in [-0.05, 0) is 72.2 Å². The molecule has 4 atom stereocenters. The Morgan fingerprint density at radius 2 is 1.83 bits per heavy atom. The second-order valence-electron chi connectivity index (χ2n) is 10.6. The van der Waals surface area contributed by atoms with Crippen molar-refractivity contribution in [2.75, 3.05) is 20.3 Å². The van der Waals surface area contributed by atoms with E-state index in [1.807, 2.05) is 36.4 Å². The van der Waals surface area contributed by atoms with Crippen molar-refractivity contribution in [1.29, 1.82) is 0 Å². The fourth-order valence-corrected chi connectivity index (χ4v) is 5.73. The summed E-state index contributed by atoms with van der Waals surface area (Å²) in [6.45, 7) is 0.630. The number of methoxy groups -OCH3 is 1. The molecule has 2 aliphatic rings. The van der Waals surface area contributed by atoms with Gasteiger partial charge in [0.1, 0.15) is 17.4 Å². The highest BCUT2D eigenvalue weighted by Gasteiger charge is 2.33. The van der Waals surface area contributed by atoms with E-state index >= 15 is 0 Å². The smallest absolute Gasteiger partial charge is 0.220 e. The van der Waals surface area contributed by atoms with Crippen LogP contribution in [0.5, 0.6) is 5.75 Å². The Morgan fingerprint density at radius 1 is 1.02 bits per heavy atom. The van der Waals surface area contributed by atoms with Crippen LogP contribution in [0, 0.1) is 11.6 Å². The lowest BCUT2D eigenvalue weighted by atomic mass is 9.97. The number of carbonyl (C=O) groups is 1. The first kappa shape index (κ1) is 28.9. The van der Waals surface area contributed by atoms with Crippen LogP contribution in [0.25, 0.3) is 11.1 Å². The van der Waals surface area contributed by atoms with Crippen LogP contribution in [0.15, 0.2) is 72.8 Å². The number of amides is 1. The van der Waals surface area contributed by atoms with Crippen LogP contribution in [0.4, 0.5) is 8.78 Å². The normalized spacial score (nSPS) is 24.3. The third kappa shape index (κ3) is 7.19. The number of carbonyl (C=O) groups excluding carboxylic acids is 1. The molecule has 0 fully saturated rings. The molecule has 0 saturated heterocycles. The SMILES string of the molecule is COc1ccccc1-c1ccc2c(c1)[C@@H]1C[C@H]2OC/C=C\CCCC(=O)N[C@@H](Cc2cc(F)cc(F)c2)[C@H](O)CN1. The van der Waals surface area contributed by atoms with Crippen molar-refractivity contribution in [3.8, 4) is 16.9 Å². The van der Waals surface area contributed by atoms with E-state index in [0.29, 0.717) is 31.4 Å². The van der Waals surface area contributed by atoms with E-state index in [9.17, 15) is 18.7 Å². The first-order chi connectivity index (χ1) is 19.9. The third-order valence-electron chi connectivity index (χ3n) is 7.77. The average molecular weight is 563 g/mol. The molecule has 3 N–H and O–H groups in total. The minimum absolute atomic E-state index is 0.0914. The monoisotopic (exact) mass is 562 g/mol. The summed E-state index contributed by atoms with van der Waals surface area (Å²) in [5.41, 5.74) is 4.52. The maximum absolute atomic E-state index is 13.9. The number of fused-ring (bicyclic) bond motifs is 5. The molecule has 0 radical (unpaired) electrons. The van der Waals surface area contributed by atoms with Gasteiger partial charge in [0.05, 0.1) is 32.0 Å². The first-order valence-corrected chi connectivity index (χ1v) is 14.1. The zero-order valence-electron chi connectivity index (χ0n) is 23.1. The zero-order valence-corrected chi connectivity index (χ0v) is 23.1. The number of hydrogen-bond acceptors (Lipinski definition) is 5. The summed E-state index contributed by atoms with van der Waals surface area (Å²) in [7, 11) is 1.65. The molecular weight excluding hydrogens is 526 g/mol. The Hall–Kier alpha value is -3.59. The highest BCUT2D eigenvalue weighted by atomic mass is 19.1. The first-order valence-electron chi connectivity index (χ1n) is 14.1. The van der Waals surface area contributed by atoms with Crippen LogP contribution in [0.2, 0.25) is 0 Å². The minimum atomic E-state index is -1.00. The Kier molecular flexibility index (Phi) is 9.44. The third-order valence-corrected chi connectivity index (χ3v) is 7.77. The van der Waals surface area contributed by atoms with E-state index in [1.54, 1.807) is 7.11 Å². The van der Waals surface area contributed by atoms with Crippen LogP contribution < -0.4 is 15.4 Å². The Morgan fingerprint density at radius 3 is 2.63 bits per heavy atom. The molecule has 0 saturated carbocycles. The Labute approximate surface area is 239 Å². The van der Waals surface area contributed by atoms with Crippen LogP contribution >= 0.6 is 0 Å². The molecule has 0 spiro atoms. The highest BCUT2D eigenvalue weighted by molar-refractivity contribution is 5.76. The number of benzene rings is 3. The molecule has 3 aromatic carbocycles. The molecule has 0 aromatic heterocycles. The lowest BCUT2D eigenvalue weighted by Crippen LogP contribution is -2.49. The van der Waals surface area contributed by atoms with Gasteiger partial charge >= 0.3 is 0 Å². The molecule has 1 heterocycles. The maximum atomic E-state index is 13.9. The number of ether oxygens (including phenoxy) is 2. The summed E-state index contributed by atoms with van der Waals surface area (Å²) in [6.07, 6.45) is 5.28. The molecule has 6 nitrogen and oxygen atoms in total. The largest absolute Gasteiger partial charge is 0.496 e. The van der Waals surface area contributed by atoms with Crippen LogP contribution in [0.3, 0.4) is 0 Å². The molecule has 1 aliphatic carbocycles. The maximum Gasteiger partial charge on any atom is 0.220 e. The molecule has 41 heavy (non-hydrogen) atoms. The summed E-state index contributed by atoms with van der Waals surface area (Å²) >= 11 is 0. The van der Waals surface area contributed by atoms with Gasteiger partial charge in [-0.2, -0.15) is 0 Å². The number of aliphatic hydroxyl groups is 1. The zero-order chi connectivity index (χ0) is 28.8. The van der Waals surface area contributed by atoms with E-state index in [2.05, 4.69) is 28.8 Å². The Balaban J connectivity index is 1.42.